The number of aryl methyl sites for hydroxylation is 1. The molecule has 0 aliphatic heterocycles. The molecule has 0 fully saturated rings. The zero-order valence-electron chi connectivity index (χ0n) is 11.4. The van der Waals surface area contributed by atoms with Crippen molar-refractivity contribution in [2.75, 3.05) is 0 Å². The molecule has 0 aliphatic rings. The Kier molecular flexibility index (Phi) is 2.79. The Bertz CT molecular complexity index is 908. The van der Waals surface area contributed by atoms with Crippen LogP contribution in [0.1, 0.15) is 5.56 Å². The Morgan fingerprint density at radius 2 is 1.95 bits per heavy atom. The van der Waals surface area contributed by atoms with E-state index in [1.807, 2.05) is 30.3 Å². The van der Waals surface area contributed by atoms with Crippen molar-refractivity contribution < 1.29 is 0 Å². The number of aromatic nitrogens is 4. The quantitative estimate of drug-likeness (QED) is 0.606. The minimum absolute atomic E-state index is 0.650. The van der Waals surface area contributed by atoms with E-state index in [0.717, 1.165) is 27.3 Å². The standard InChI is InChI=1S/C16H12N4S/c1-10-7-8-21-15(10)13-14-16(20-19-13)17-9-12(18-14)11-5-3-2-4-6-11/h2-9H,1H3,(H,17,19,20). The minimum Gasteiger partial charge on any atom is -0.273 e. The fraction of sp³-hybridized carbons (Fsp3) is 0.0625. The smallest absolute Gasteiger partial charge is 0.200 e. The zero-order valence-corrected chi connectivity index (χ0v) is 12.2. The van der Waals surface area contributed by atoms with Crippen molar-refractivity contribution in [2.45, 2.75) is 6.92 Å². The molecule has 0 aliphatic carbocycles. The van der Waals surface area contributed by atoms with Crippen molar-refractivity contribution >= 4 is 22.5 Å². The molecule has 0 spiro atoms. The van der Waals surface area contributed by atoms with E-state index in [1.54, 1.807) is 17.5 Å². The van der Waals surface area contributed by atoms with E-state index >= 15 is 0 Å². The minimum atomic E-state index is 0.650. The third kappa shape index (κ3) is 2.02. The molecule has 3 aromatic heterocycles. The second-order valence-electron chi connectivity index (χ2n) is 4.82. The largest absolute Gasteiger partial charge is 0.273 e. The highest BCUT2D eigenvalue weighted by Gasteiger charge is 2.14. The van der Waals surface area contributed by atoms with Crippen LogP contribution in [0.5, 0.6) is 0 Å². The molecule has 4 rings (SSSR count). The number of rotatable bonds is 2. The van der Waals surface area contributed by atoms with Crippen LogP contribution in [0, 0.1) is 6.92 Å². The Labute approximate surface area is 125 Å². The summed E-state index contributed by atoms with van der Waals surface area (Å²) in [6, 6.07) is 12.2. The number of H-pyrrole nitrogens is 1. The number of hydrogen-bond acceptors (Lipinski definition) is 4. The third-order valence-corrected chi connectivity index (χ3v) is 4.46. The summed E-state index contributed by atoms with van der Waals surface area (Å²) in [5.41, 5.74) is 5.56. The molecular formula is C16H12N4S. The number of benzene rings is 1. The lowest BCUT2D eigenvalue weighted by Crippen LogP contribution is -1.88. The summed E-state index contributed by atoms with van der Waals surface area (Å²) in [6.45, 7) is 2.09. The average molecular weight is 292 g/mol. The lowest BCUT2D eigenvalue weighted by atomic mass is 10.1. The zero-order chi connectivity index (χ0) is 14.2. The first kappa shape index (κ1) is 12.2. The summed E-state index contributed by atoms with van der Waals surface area (Å²) in [4.78, 5) is 10.3. The van der Waals surface area contributed by atoms with Crippen molar-refractivity contribution in [2.24, 2.45) is 0 Å². The number of aromatic amines is 1. The average Bonchev–Trinajstić information content (AvgIpc) is 3.13. The second-order valence-corrected chi connectivity index (χ2v) is 5.74. The Balaban J connectivity index is 1.93. The predicted octanol–water partition coefficient (Wildman–Crippen LogP) is 4.06. The molecule has 0 radical (unpaired) electrons. The van der Waals surface area contributed by atoms with Gasteiger partial charge in [0.2, 0.25) is 0 Å². The van der Waals surface area contributed by atoms with Gasteiger partial charge in [0.05, 0.1) is 16.8 Å². The lowest BCUT2D eigenvalue weighted by Gasteiger charge is -2.01. The van der Waals surface area contributed by atoms with Crippen LogP contribution in [0.2, 0.25) is 0 Å². The molecule has 0 atom stereocenters. The van der Waals surface area contributed by atoms with Gasteiger partial charge in [-0.2, -0.15) is 5.10 Å². The predicted molar refractivity (Wildman–Crippen MR) is 85.2 cm³/mol. The lowest BCUT2D eigenvalue weighted by molar-refractivity contribution is 1.10. The molecular weight excluding hydrogens is 280 g/mol. The van der Waals surface area contributed by atoms with Gasteiger partial charge in [0.15, 0.2) is 5.65 Å². The van der Waals surface area contributed by atoms with Crippen LogP contribution >= 0.6 is 11.3 Å². The van der Waals surface area contributed by atoms with E-state index in [-0.39, 0.29) is 0 Å². The summed E-state index contributed by atoms with van der Waals surface area (Å²) in [6.07, 6.45) is 1.77. The maximum Gasteiger partial charge on any atom is 0.200 e. The molecule has 5 heteroatoms. The van der Waals surface area contributed by atoms with Crippen LogP contribution < -0.4 is 0 Å². The van der Waals surface area contributed by atoms with Crippen LogP contribution in [0.25, 0.3) is 33.0 Å². The monoisotopic (exact) mass is 292 g/mol. The summed E-state index contributed by atoms with van der Waals surface area (Å²) < 4.78 is 0. The Hall–Kier alpha value is -2.53. The van der Waals surface area contributed by atoms with Gasteiger partial charge in [0.1, 0.15) is 11.2 Å². The van der Waals surface area contributed by atoms with Gasteiger partial charge >= 0.3 is 0 Å². The number of fused-ring (bicyclic) bond motifs is 1. The molecule has 0 bridgehead atoms. The first-order valence-electron chi connectivity index (χ1n) is 6.64. The Morgan fingerprint density at radius 1 is 1.10 bits per heavy atom. The fourth-order valence-electron chi connectivity index (χ4n) is 2.33. The number of thiophene rings is 1. The van der Waals surface area contributed by atoms with Crippen molar-refractivity contribution in [3.8, 4) is 21.8 Å². The molecule has 3 heterocycles. The van der Waals surface area contributed by atoms with Gasteiger partial charge in [-0.25, -0.2) is 9.97 Å². The van der Waals surface area contributed by atoms with Gasteiger partial charge in [-0.3, -0.25) is 5.10 Å². The highest BCUT2D eigenvalue weighted by atomic mass is 32.1. The van der Waals surface area contributed by atoms with E-state index in [4.69, 9.17) is 4.98 Å². The maximum atomic E-state index is 4.75. The van der Waals surface area contributed by atoms with Crippen LogP contribution in [-0.2, 0) is 0 Å². The van der Waals surface area contributed by atoms with Crippen molar-refractivity contribution in [3.63, 3.8) is 0 Å². The molecule has 0 saturated carbocycles. The van der Waals surface area contributed by atoms with Gasteiger partial charge in [-0.05, 0) is 23.9 Å². The summed E-state index contributed by atoms with van der Waals surface area (Å²) in [5.74, 6) is 0. The number of nitrogens with zero attached hydrogens (tertiary/aromatic N) is 3. The molecule has 0 unspecified atom stereocenters. The van der Waals surface area contributed by atoms with E-state index in [0.29, 0.717) is 5.65 Å². The summed E-state index contributed by atoms with van der Waals surface area (Å²) >= 11 is 1.68. The molecule has 102 valence electrons. The van der Waals surface area contributed by atoms with E-state index < -0.39 is 0 Å². The van der Waals surface area contributed by atoms with E-state index in [2.05, 4.69) is 33.6 Å². The maximum absolute atomic E-state index is 4.75. The Morgan fingerprint density at radius 3 is 2.71 bits per heavy atom. The highest BCUT2D eigenvalue weighted by molar-refractivity contribution is 7.13. The van der Waals surface area contributed by atoms with E-state index in [1.165, 1.54) is 5.56 Å². The normalized spacial score (nSPS) is 11.1. The van der Waals surface area contributed by atoms with Gasteiger partial charge in [0, 0.05) is 5.56 Å². The van der Waals surface area contributed by atoms with Gasteiger partial charge in [0.25, 0.3) is 0 Å². The summed E-state index contributed by atoms with van der Waals surface area (Å²) in [5, 5.41) is 9.40. The SMILES string of the molecule is Cc1ccsc1-c1[nH]nc2ncc(-c3ccccc3)nc12. The second kappa shape index (κ2) is 4.79. The van der Waals surface area contributed by atoms with Crippen LogP contribution in [0.4, 0.5) is 0 Å². The van der Waals surface area contributed by atoms with Crippen LogP contribution in [0.3, 0.4) is 0 Å². The van der Waals surface area contributed by atoms with Crippen molar-refractivity contribution in [1.82, 2.24) is 20.2 Å². The number of hydrogen-bond donors (Lipinski definition) is 1. The molecule has 4 nitrogen and oxygen atoms in total. The van der Waals surface area contributed by atoms with Crippen LogP contribution in [-0.4, -0.2) is 20.2 Å². The molecule has 0 amide bonds. The van der Waals surface area contributed by atoms with Crippen molar-refractivity contribution in [3.05, 3.63) is 53.5 Å². The molecule has 1 N–H and O–H groups in total. The van der Waals surface area contributed by atoms with Crippen molar-refractivity contribution in [1.29, 1.82) is 0 Å². The first-order chi connectivity index (χ1) is 10.3. The number of nitrogens with one attached hydrogen (secondary N) is 1. The molecule has 4 aromatic rings. The highest BCUT2D eigenvalue weighted by Crippen LogP contribution is 2.32. The summed E-state index contributed by atoms with van der Waals surface area (Å²) in [7, 11) is 0. The fourth-order valence-corrected chi connectivity index (χ4v) is 3.25. The molecule has 21 heavy (non-hydrogen) atoms. The van der Waals surface area contributed by atoms with Gasteiger partial charge in [-0.15, -0.1) is 11.3 Å². The van der Waals surface area contributed by atoms with Gasteiger partial charge in [-0.1, -0.05) is 30.3 Å². The first-order valence-corrected chi connectivity index (χ1v) is 7.52. The van der Waals surface area contributed by atoms with Gasteiger partial charge < -0.3 is 0 Å². The molecule has 1 aromatic carbocycles. The van der Waals surface area contributed by atoms with E-state index in [9.17, 15) is 0 Å². The molecule has 0 saturated heterocycles. The third-order valence-electron chi connectivity index (χ3n) is 3.42. The van der Waals surface area contributed by atoms with Crippen LogP contribution in [0.15, 0.2) is 48.0 Å². The topological polar surface area (TPSA) is 54.5 Å².